The lowest BCUT2D eigenvalue weighted by atomic mass is 9.95. The van der Waals surface area contributed by atoms with Gasteiger partial charge in [-0.05, 0) is 31.0 Å². The molecule has 1 fully saturated rings. The van der Waals surface area contributed by atoms with Crippen LogP contribution >= 0.6 is 0 Å². The molecule has 0 spiro atoms. The zero-order valence-electron chi connectivity index (χ0n) is 13.5. The molecule has 1 aliphatic rings. The topological polar surface area (TPSA) is 49.9 Å². The molecule has 120 valence electrons. The van der Waals surface area contributed by atoms with Crippen LogP contribution in [0.3, 0.4) is 0 Å². The molecule has 0 bridgehead atoms. The van der Waals surface area contributed by atoms with Crippen LogP contribution < -0.4 is 4.74 Å². The molecule has 0 aromatic heterocycles. The maximum Gasteiger partial charge on any atom is 0.226 e. The van der Waals surface area contributed by atoms with Crippen LogP contribution in [0.1, 0.15) is 25.3 Å². The number of ether oxygens (including phenoxy) is 1. The molecule has 5 nitrogen and oxygen atoms in total. The molecular formula is C17H24N2O3. The van der Waals surface area contributed by atoms with Crippen molar-refractivity contribution in [3.8, 4) is 5.75 Å². The monoisotopic (exact) mass is 304 g/mol. The van der Waals surface area contributed by atoms with E-state index in [4.69, 9.17) is 4.74 Å². The molecule has 1 atom stereocenters. The minimum absolute atomic E-state index is 0.0512. The number of benzene rings is 1. The van der Waals surface area contributed by atoms with Crippen molar-refractivity contribution in [1.29, 1.82) is 0 Å². The first-order valence-electron chi connectivity index (χ1n) is 7.72. The van der Waals surface area contributed by atoms with E-state index in [1.165, 1.54) is 0 Å². The number of amides is 2. The minimum atomic E-state index is -0.184. The summed E-state index contributed by atoms with van der Waals surface area (Å²) in [6.45, 7) is 3.79. The second-order valence-electron chi connectivity index (χ2n) is 5.78. The average molecular weight is 304 g/mol. The van der Waals surface area contributed by atoms with Gasteiger partial charge in [-0.2, -0.15) is 0 Å². The third-order valence-electron chi connectivity index (χ3n) is 4.04. The molecule has 1 heterocycles. The smallest absolute Gasteiger partial charge is 0.226 e. The highest BCUT2D eigenvalue weighted by atomic mass is 16.5. The summed E-state index contributed by atoms with van der Waals surface area (Å²) >= 11 is 0. The molecule has 0 radical (unpaired) electrons. The molecule has 1 saturated heterocycles. The number of carbonyl (C=O) groups excluding carboxylic acids is 2. The van der Waals surface area contributed by atoms with Gasteiger partial charge < -0.3 is 14.5 Å². The van der Waals surface area contributed by atoms with E-state index in [0.717, 1.165) is 17.7 Å². The van der Waals surface area contributed by atoms with E-state index in [2.05, 4.69) is 0 Å². The predicted molar refractivity (Wildman–Crippen MR) is 84.4 cm³/mol. The summed E-state index contributed by atoms with van der Waals surface area (Å²) < 4.78 is 5.41. The first kappa shape index (κ1) is 16.3. The Morgan fingerprint density at radius 2 is 2.05 bits per heavy atom. The Labute approximate surface area is 131 Å². The number of carbonyl (C=O) groups is 2. The van der Waals surface area contributed by atoms with Gasteiger partial charge in [-0.3, -0.25) is 9.59 Å². The Hall–Kier alpha value is -2.04. The van der Waals surface area contributed by atoms with E-state index in [0.29, 0.717) is 26.1 Å². The lowest BCUT2D eigenvalue weighted by Crippen LogP contribution is -2.42. The fourth-order valence-corrected chi connectivity index (χ4v) is 2.67. The minimum Gasteiger partial charge on any atom is -0.494 e. The molecular weight excluding hydrogens is 280 g/mol. The highest BCUT2D eigenvalue weighted by Crippen LogP contribution is 2.20. The van der Waals surface area contributed by atoms with Gasteiger partial charge in [0, 0.05) is 39.5 Å². The van der Waals surface area contributed by atoms with Crippen LogP contribution in [0.4, 0.5) is 0 Å². The van der Waals surface area contributed by atoms with Gasteiger partial charge in [0.1, 0.15) is 5.75 Å². The van der Waals surface area contributed by atoms with Crippen molar-refractivity contribution in [2.45, 2.75) is 26.3 Å². The zero-order valence-corrected chi connectivity index (χ0v) is 13.5. The van der Waals surface area contributed by atoms with Crippen molar-refractivity contribution in [3.63, 3.8) is 0 Å². The van der Waals surface area contributed by atoms with Gasteiger partial charge in [-0.25, -0.2) is 0 Å². The lowest BCUT2D eigenvalue weighted by molar-refractivity contribution is -0.143. The van der Waals surface area contributed by atoms with Crippen molar-refractivity contribution >= 4 is 11.8 Å². The van der Waals surface area contributed by atoms with Gasteiger partial charge in [0.05, 0.1) is 6.61 Å². The van der Waals surface area contributed by atoms with E-state index in [1.807, 2.05) is 31.2 Å². The van der Waals surface area contributed by atoms with E-state index >= 15 is 0 Å². The van der Waals surface area contributed by atoms with Gasteiger partial charge in [-0.15, -0.1) is 0 Å². The van der Waals surface area contributed by atoms with E-state index in [-0.39, 0.29) is 17.7 Å². The van der Waals surface area contributed by atoms with Crippen LogP contribution in [0.15, 0.2) is 24.3 Å². The maximum absolute atomic E-state index is 12.5. The van der Waals surface area contributed by atoms with Crippen LogP contribution in [0.5, 0.6) is 5.75 Å². The largest absolute Gasteiger partial charge is 0.494 e. The molecule has 1 aromatic rings. The van der Waals surface area contributed by atoms with Gasteiger partial charge in [0.15, 0.2) is 0 Å². The van der Waals surface area contributed by atoms with E-state index in [9.17, 15) is 9.59 Å². The fraction of sp³-hybridized carbons (Fsp3) is 0.529. The van der Waals surface area contributed by atoms with Crippen LogP contribution in [-0.2, 0) is 16.1 Å². The van der Waals surface area contributed by atoms with Crippen molar-refractivity contribution in [2.24, 2.45) is 5.92 Å². The molecule has 0 saturated carbocycles. The van der Waals surface area contributed by atoms with Crippen LogP contribution in [0, 0.1) is 5.92 Å². The third kappa shape index (κ3) is 4.00. The SMILES string of the molecule is CCOc1ccc(CN(C)C(=O)[C@H]2CCN(C)C(=O)C2)cc1. The second-order valence-corrected chi connectivity index (χ2v) is 5.78. The summed E-state index contributed by atoms with van der Waals surface area (Å²) in [5.41, 5.74) is 1.05. The lowest BCUT2D eigenvalue weighted by Gasteiger charge is -2.30. The normalized spacial score (nSPS) is 18.2. The summed E-state index contributed by atoms with van der Waals surface area (Å²) in [6.07, 6.45) is 1.07. The highest BCUT2D eigenvalue weighted by Gasteiger charge is 2.30. The highest BCUT2D eigenvalue weighted by molar-refractivity contribution is 5.86. The van der Waals surface area contributed by atoms with Crippen molar-refractivity contribution in [3.05, 3.63) is 29.8 Å². The van der Waals surface area contributed by atoms with Gasteiger partial charge in [-0.1, -0.05) is 12.1 Å². The molecule has 5 heteroatoms. The van der Waals surface area contributed by atoms with Gasteiger partial charge in [0.2, 0.25) is 11.8 Å². The van der Waals surface area contributed by atoms with Crippen molar-refractivity contribution in [1.82, 2.24) is 9.80 Å². The molecule has 0 unspecified atom stereocenters. The molecule has 0 aliphatic carbocycles. The summed E-state index contributed by atoms with van der Waals surface area (Å²) in [4.78, 5) is 27.6. The summed E-state index contributed by atoms with van der Waals surface area (Å²) in [5, 5.41) is 0. The Morgan fingerprint density at radius 3 is 2.64 bits per heavy atom. The number of hydrogen-bond acceptors (Lipinski definition) is 3. The first-order valence-corrected chi connectivity index (χ1v) is 7.72. The predicted octanol–water partition coefficient (Wildman–Crippen LogP) is 1.91. The molecule has 2 amide bonds. The number of hydrogen-bond donors (Lipinski definition) is 0. The number of piperidine rings is 1. The summed E-state index contributed by atoms with van der Waals surface area (Å²) in [7, 11) is 3.58. The fourth-order valence-electron chi connectivity index (χ4n) is 2.67. The summed E-state index contributed by atoms with van der Waals surface area (Å²) in [6, 6.07) is 7.76. The molecule has 2 rings (SSSR count). The Balaban J connectivity index is 1.92. The van der Waals surface area contributed by atoms with Gasteiger partial charge in [0.25, 0.3) is 0 Å². The number of nitrogens with zero attached hydrogens (tertiary/aromatic N) is 2. The van der Waals surface area contributed by atoms with E-state index in [1.54, 1.807) is 23.9 Å². The number of rotatable bonds is 5. The van der Waals surface area contributed by atoms with Crippen molar-refractivity contribution < 1.29 is 14.3 Å². The first-order chi connectivity index (χ1) is 10.5. The summed E-state index contributed by atoms with van der Waals surface area (Å²) in [5.74, 6) is 0.756. The third-order valence-corrected chi connectivity index (χ3v) is 4.04. The quantitative estimate of drug-likeness (QED) is 0.835. The molecule has 22 heavy (non-hydrogen) atoms. The second kappa shape index (κ2) is 7.29. The van der Waals surface area contributed by atoms with Crippen LogP contribution in [0.25, 0.3) is 0 Å². The molecule has 0 N–H and O–H groups in total. The van der Waals surface area contributed by atoms with Crippen LogP contribution in [-0.4, -0.2) is 48.9 Å². The Kier molecular flexibility index (Phi) is 5.41. The zero-order chi connectivity index (χ0) is 16.1. The van der Waals surface area contributed by atoms with Gasteiger partial charge >= 0.3 is 0 Å². The average Bonchev–Trinajstić information content (AvgIpc) is 2.51. The number of likely N-dealkylation sites (tertiary alicyclic amines) is 1. The van der Waals surface area contributed by atoms with E-state index < -0.39 is 0 Å². The molecule has 1 aromatic carbocycles. The Bertz CT molecular complexity index is 527. The van der Waals surface area contributed by atoms with Crippen LogP contribution in [0.2, 0.25) is 0 Å². The molecule has 1 aliphatic heterocycles. The van der Waals surface area contributed by atoms with Crippen molar-refractivity contribution in [2.75, 3.05) is 27.2 Å². The Morgan fingerprint density at radius 1 is 1.36 bits per heavy atom. The standard InChI is InChI=1S/C17H24N2O3/c1-4-22-15-7-5-13(6-8-15)12-19(3)17(21)14-9-10-18(2)16(20)11-14/h5-8,14H,4,9-12H2,1-3H3/t14-/m0/s1. The maximum atomic E-state index is 12.5.